The topological polar surface area (TPSA) is 93.5 Å². The van der Waals surface area contributed by atoms with Gasteiger partial charge in [-0.15, -0.1) is 0 Å². The number of aromatic hydroxyl groups is 1. The SMILES string of the molecule is COc1ccc(/C(O)=C2/C(=O)C(=O)N(c3ccc(N4CCN(C)CC4)cc3)C2c2ccc(O)cc2)cc1C. The van der Waals surface area contributed by atoms with Crippen LogP contribution in [0.1, 0.15) is 22.7 Å². The Labute approximate surface area is 222 Å². The zero-order valence-corrected chi connectivity index (χ0v) is 21.7. The molecule has 8 heteroatoms. The van der Waals surface area contributed by atoms with Gasteiger partial charge in [-0.2, -0.15) is 0 Å². The number of aryl methyl sites for hydroxylation is 1. The van der Waals surface area contributed by atoms with Crippen LogP contribution in [0.15, 0.2) is 72.3 Å². The fourth-order valence-electron chi connectivity index (χ4n) is 5.14. The first-order chi connectivity index (χ1) is 18.3. The van der Waals surface area contributed by atoms with Crippen LogP contribution in [0, 0.1) is 6.92 Å². The van der Waals surface area contributed by atoms with Crippen molar-refractivity contribution in [3.05, 3.63) is 89.0 Å². The van der Waals surface area contributed by atoms with E-state index in [9.17, 15) is 19.8 Å². The Bertz CT molecular complexity index is 1390. The summed E-state index contributed by atoms with van der Waals surface area (Å²) in [4.78, 5) is 32.8. The van der Waals surface area contributed by atoms with Crippen LogP contribution in [-0.4, -0.2) is 67.1 Å². The van der Waals surface area contributed by atoms with Crippen molar-refractivity contribution in [2.24, 2.45) is 0 Å². The van der Waals surface area contributed by atoms with E-state index in [1.54, 1.807) is 37.4 Å². The lowest BCUT2D eigenvalue weighted by molar-refractivity contribution is -0.132. The first kappa shape index (κ1) is 25.4. The number of ketones is 1. The number of phenols is 1. The van der Waals surface area contributed by atoms with E-state index < -0.39 is 17.7 Å². The summed E-state index contributed by atoms with van der Waals surface area (Å²) in [7, 11) is 3.67. The second-order valence-electron chi connectivity index (χ2n) is 9.75. The average Bonchev–Trinajstić information content (AvgIpc) is 3.19. The molecule has 3 aromatic rings. The maximum absolute atomic E-state index is 13.4. The molecule has 2 saturated heterocycles. The molecule has 1 unspecified atom stereocenters. The summed E-state index contributed by atoms with van der Waals surface area (Å²) in [5.74, 6) is -1.03. The number of Topliss-reactive ketones (excluding diaryl/α,β-unsaturated/α-hetero) is 1. The average molecular weight is 514 g/mol. The van der Waals surface area contributed by atoms with Crippen molar-refractivity contribution in [3.63, 3.8) is 0 Å². The van der Waals surface area contributed by atoms with Crippen LogP contribution >= 0.6 is 0 Å². The Hall–Kier alpha value is -4.30. The number of hydrogen-bond acceptors (Lipinski definition) is 7. The second-order valence-corrected chi connectivity index (χ2v) is 9.75. The van der Waals surface area contributed by atoms with Crippen LogP contribution in [0.4, 0.5) is 11.4 Å². The Kier molecular flexibility index (Phi) is 6.82. The van der Waals surface area contributed by atoms with E-state index in [1.165, 1.54) is 17.0 Å². The molecule has 0 aliphatic carbocycles. The van der Waals surface area contributed by atoms with E-state index in [1.807, 2.05) is 31.2 Å². The van der Waals surface area contributed by atoms with E-state index in [0.717, 1.165) is 37.4 Å². The van der Waals surface area contributed by atoms with E-state index in [4.69, 9.17) is 4.74 Å². The number of hydrogen-bond donors (Lipinski definition) is 2. The largest absolute Gasteiger partial charge is 0.508 e. The van der Waals surface area contributed by atoms with Gasteiger partial charge in [0.25, 0.3) is 11.7 Å². The smallest absolute Gasteiger partial charge is 0.300 e. The van der Waals surface area contributed by atoms with Gasteiger partial charge >= 0.3 is 0 Å². The number of piperazine rings is 1. The first-order valence-corrected chi connectivity index (χ1v) is 12.6. The third kappa shape index (κ3) is 4.59. The van der Waals surface area contributed by atoms with Crippen LogP contribution in [-0.2, 0) is 9.59 Å². The fraction of sp³-hybridized carbons (Fsp3) is 0.267. The third-order valence-electron chi connectivity index (χ3n) is 7.32. The number of phenolic OH excluding ortho intramolecular Hbond substituents is 1. The summed E-state index contributed by atoms with van der Waals surface area (Å²) < 4.78 is 5.32. The lowest BCUT2D eigenvalue weighted by atomic mass is 9.94. The van der Waals surface area contributed by atoms with E-state index in [0.29, 0.717) is 22.6 Å². The maximum Gasteiger partial charge on any atom is 0.300 e. The first-order valence-electron chi connectivity index (χ1n) is 12.6. The monoisotopic (exact) mass is 513 g/mol. The van der Waals surface area contributed by atoms with Crippen molar-refractivity contribution < 1.29 is 24.5 Å². The van der Waals surface area contributed by atoms with E-state index in [2.05, 4.69) is 16.8 Å². The molecule has 196 valence electrons. The number of aliphatic hydroxyl groups is 1. The number of aliphatic hydroxyl groups excluding tert-OH is 1. The van der Waals surface area contributed by atoms with Gasteiger partial charge in [-0.3, -0.25) is 14.5 Å². The lowest BCUT2D eigenvalue weighted by Crippen LogP contribution is -2.44. The van der Waals surface area contributed by atoms with E-state index in [-0.39, 0.29) is 17.1 Å². The molecule has 1 amide bonds. The molecular weight excluding hydrogens is 482 g/mol. The van der Waals surface area contributed by atoms with Gasteiger partial charge in [-0.05, 0) is 79.7 Å². The summed E-state index contributed by atoms with van der Waals surface area (Å²) in [6.07, 6.45) is 0. The summed E-state index contributed by atoms with van der Waals surface area (Å²) in [5.41, 5.74) is 3.38. The summed E-state index contributed by atoms with van der Waals surface area (Å²) in [6.45, 7) is 5.61. The Balaban J connectivity index is 1.58. The maximum atomic E-state index is 13.4. The zero-order chi connectivity index (χ0) is 27.0. The number of benzene rings is 3. The Morgan fingerprint density at radius 1 is 0.895 bits per heavy atom. The van der Waals surface area contributed by atoms with Gasteiger partial charge < -0.3 is 24.7 Å². The summed E-state index contributed by atoms with van der Waals surface area (Å²) in [6, 6.07) is 18.1. The van der Waals surface area contributed by atoms with E-state index >= 15 is 0 Å². The molecule has 0 spiro atoms. The van der Waals surface area contributed by atoms with Gasteiger partial charge in [0.2, 0.25) is 0 Å². The number of ether oxygens (including phenoxy) is 1. The molecule has 0 saturated carbocycles. The van der Waals surface area contributed by atoms with Gasteiger partial charge in [0.05, 0.1) is 18.7 Å². The van der Waals surface area contributed by atoms with Crippen molar-refractivity contribution in [1.82, 2.24) is 4.90 Å². The van der Waals surface area contributed by atoms with Crippen molar-refractivity contribution >= 4 is 28.8 Å². The van der Waals surface area contributed by atoms with Gasteiger partial charge in [0.1, 0.15) is 17.3 Å². The molecule has 0 aromatic heterocycles. The van der Waals surface area contributed by atoms with Crippen LogP contribution in [0.5, 0.6) is 11.5 Å². The normalized spacial score (nSPS) is 19.7. The predicted octanol–water partition coefficient (Wildman–Crippen LogP) is 4.09. The van der Waals surface area contributed by atoms with Crippen molar-refractivity contribution in [2.45, 2.75) is 13.0 Å². The number of nitrogens with zero attached hydrogens (tertiary/aromatic N) is 3. The summed E-state index contributed by atoms with van der Waals surface area (Å²) >= 11 is 0. The second kappa shape index (κ2) is 10.2. The number of carbonyl (C=O) groups excluding carboxylic acids is 2. The minimum Gasteiger partial charge on any atom is -0.508 e. The molecule has 5 rings (SSSR count). The van der Waals surface area contributed by atoms with Crippen molar-refractivity contribution in [2.75, 3.05) is 50.1 Å². The highest BCUT2D eigenvalue weighted by Gasteiger charge is 2.47. The Morgan fingerprint density at radius 2 is 1.53 bits per heavy atom. The minimum atomic E-state index is -0.868. The molecule has 2 fully saturated rings. The minimum absolute atomic E-state index is 0.00611. The summed E-state index contributed by atoms with van der Waals surface area (Å²) in [5, 5.41) is 21.2. The van der Waals surface area contributed by atoms with Crippen LogP contribution < -0.4 is 14.5 Å². The number of likely N-dealkylation sites (N-methyl/N-ethyl adjacent to an activating group) is 1. The fourth-order valence-corrected chi connectivity index (χ4v) is 5.14. The third-order valence-corrected chi connectivity index (χ3v) is 7.32. The van der Waals surface area contributed by atoms with Gasteiger partial charge in [-0.25, -0.2) is 0 Å². The Morgan fingerprint density at radius 3 is 2.13 bits per heavy atom. The van der Waals surface area contributed by atoms with Gasteiger partial charge in [0, 0.05) is 43.1 Å². The molecule has 2 aliphatic heterocycles. The van der Waals surface area contributed by atoms with Gasteiger partial charge in [0.15, 0.2) is 0 Å². The van der Waals surface area contributed by atoms with Crippen molar-refractivity contribution in [3.8, 4) is 11.5 Å². The highest BCUT2D eigenvalue weighted by Crippen LogP contribution is 2.43. The molecule has 2 N–H and O–H groups in total. The van der Waals surface area contributed by atoms with Crippen LogP contribution in [0.2, 0.25) is 0 Å². The van der Waals surface area contributed by atoms with Crippen molar-refractivity contribution in [1.29, 1.82) is 0 Å². The highest BCUT2D eigenvalue weighted by atomic mass is 16.5. The molecule has 0 radical (unpaired) electrons. The number of methoxy groups -OCH3 is 1. The molecular formula is C30H31N3O5. The lowest BCUT2D eigenvalue weighted by Gasteiger charge is -2.34. The van der Waals surface area contributed by atoms with Crippen LogP contribution in [0.3, 0.4) is 0 Å². The number of carbonyl (C=O) groups is 2. The zero-order valence-electron chi connectivity index (χ0n) is 21.7. The molecule has 3 aromatic carbocycles. The quantitative estimate of drug-likeness (QED) is 0.302. The van der Waals surface area contributed by atoms with Crippen LogP contribution in [0.25, 0.3) is 5.76 Å². The number of rotatable bonds is 5. The number of amides is 1. The van der Waals surface area contributed by atoms with Gasteiger partial charge in [-0.1, -0.05) is 12.1 Å². The molecule has 38 heavy (non-hydrogen) atoms. The standard InChI is InChI=1S/C30H31N3O5/c1-19-18-21(6-13-25(19)38-3)28(35)26-27(20-4-11-24(34)12-5-20)33(30(37)29(26)36)23-9-7-22(8-10-23)32-16-14-31(2)15-17-32/h4-13,18,27,34-35H,14-17H2,1-3H3/b28-26-. The molecule has 2 heterocycles. The molecule has 0 bridgehead atoms. The molecule has 2 aliphatic rings. The highest BCUT2D eigenvalue weighted by molar-refractivity contribution is 6.51. The number of anilines is 2. The molecule has 8 nitrogen and oxygen atoms in total. The predicted molar refractivity (Wildman–Crippen MR) is 147 cm³/mol. The molecule has 1 atom stereocenters.